The minimum Gasteiger partial charge on any atom is -0.496 e. The molecule has 0 aliphatic heterocycles. The zero-order valence-corrected chi connectivity index (χ0v) is 17.1. The molecule has 0 amide bonds. The third kappa shape index (κ3) is 4.93. The first-order chi connectivity index (χ1) is 12.7. The van der Waals surface area contributed by atoms with Gasteiger partial charge < -0.3 is 9.47 Å². The van der Waals surface area contributed by atoms with Crippen LogP contribution in [0.25, 0.3) is 0 Å². The molecule has 0 aliphatic rings. The van der Waals surface area contributed by atoms with Crippen molar-refractivity contribution in [1.29, 1.82) is 0 Å². The number of hydrogen-bond donors (Lipinski definition) is 1. The topological polar surface area (TPSA) is 81.7 Å². The third-order valence-electron chi connectivity index (χ3n) is 3.85. The Kier molecular flexibility index (Phi) is 6.73. The summed E-state index contributed by atoms with van der Waals surface area (Å²) >= 11 is 6.01. The zero-order chi connectivity index (χ0) is 20.2. The lowest BCUT2D eigenvalue weighted by atomic mass is 10.0. The average Bonchev–Trinajstić information content (AvgIpc) is 2.62. The molecule has 0 aliphatic carbocycles. The number of rotatable bonds is 7. The molecule has 0 atom stereocenters. The van der Waals surface area contributed by atoms with Crippen molar-refractivity contribution in [2.24, 2.45) is 0 Å². The summed E-state index contributed by atoms with van der Waals surface area (Å²) in [6.45, 7) is 5.77. The maximum Gasteiger partial charge on any atom is 0.339 e. The molecule has 0 spiro atoms. The van der Waals surface area contributed by atoms with Crippen LogP contribution < -0.4 is 9.46 Å². The number of nitrogens with one attached hydrogen (secondary N) is 1. The summed E-state index contributed by atoms with van der Waals surface area (Å²) in [4.78, 5) is 12.0. The number of anilines is 1. The van der Waals surface area contributed by atoms with E-state index >= 15 is 0 Å². The summed E-state index contributed by atoms with van der Waals surface area (Å²) in [5, 5.41) is 0.183. The number of esters is 1. The number of methoxy groups -OCH3 is 1. The van der Waals surface area contributed by atoms with E-state index in [0.29, 0.717) is 5.75 Å². The Morgan fingerprint density at radius 3 is 2.48 bits per heavy atom. The Morgan fingerprint density at radius 1 is 1.19 bits per heavy atom. The molecule has 2 aromatic carbocycles. The lowest BCUT2D eigenvalue weighted by Gasteiger charge is -2.15. The van der Waals surface area contributed by atoms with Gasteiger partial charge in [-0.1, -0.05) is 25.4 Å². The number of benzene rings is 2. The van der Waals surface area contributed by atoms with E-state index in [1.807, 2.05) is 13.8 Å². The van der Waals surface area contributed by atoms with Crippen LogP contribution in [0.3, 0.4) is 0 Å². The molecule has 2 aromatic rings. The molecule has 8 heteroatoms. The molecule has 0 heterocycles. The quantitative estimate of drug-likeness (QED) is 0.680. The molecule has 0 aromatic heterocycles. The third-order valence-corrected chi connectivity index (χ3v) is 5.56. The van der Waals surface area contributed by atoms with E-state index in [0.717, 1.165) is 5.56 Å². The van der Waals surface area contributed by atoms with Crippen LogP contribution in [0.1, 0.15) is 42.6 Å². The molecular weight excluding hydrogens is 390 g/mol. The second-order valence-corrected chi connectivity index (χ2v) is 8.17. The van der Waals surface area contributed by atoms with Crippen LogP contribution >= 0.6 is 11.6 Å². The Bertz CT molecular complexity index is 941. The van der Waals surface area contributed by atoms with Crippen molar-refractivity contribution in [3.63, 3.8) is 0 Å². The fourth-order valence-electron chi connectivity index (χ4n) is 2.50. The van der Waals surface area contributed by atoms with Crippen LogP contribution in [0.5, 0.6) is 5.75 Å². The van der Waals surface area contributed by atoms with E-state index in [4.69, 9.17) is 21.1 Å². The number of ether oxygens (including phenoxy) is 2. The summed E-state index contributed by atoms with van der Waals surface area (Å²) in [6, 6.07) is 8.94. The van der Waals surface area contributed by atoms with Crippen molar-refractivity contribution in [2.75, 3.05) is 18.4 Å². The van der Waals surface area contributed by atoms with E-state index in [1.54, 1.807) is 19.1 Å². The number of halogens is 1. The van der Waals surface area contributed by atoms with Gasteiger partial charge in [0.2, 0.25) is 0 Å². The highest BCUT2D eigenvalue weighted by molar-refractivity contribution is 7.92. The first-order valence-corrected chi connectivity index (χ1v) is 10.2. The molecule has 27 heavy (non-hydrogen) atoms. The van der Waals surface area contributed by atoms with Crippen LogP contribution in [-0.2, 0) is 14.8 Å². The molecule has 0 fully saturated rings. The van der Waals surface area contributed by atoms with Gasteiger partial charge in [-0.3, -0.25) is 4.72 Å². The number of sulfonamides is 1. The van der Waals surface area contributed by atoms with E-state index in [-0.39, 0.29) is 33.7 Å². The Labute approximate surface area is 164 Å². The Hall–Kier alpha value is -2.25. The predicted octanol–water partition coefficient (Wildman–Crippen LogP) is 4.45. The highest BCUT2D eigenvalue weighted by Crippen LogP contribution is 2.30. The number of carbonyl (C=O) groups is 1. The zero-order valence-electron chi connectivity index (χ0n) is 15.6. The van der Waals surface area contributed by atoms with Crippen molar-refractivity contribution in [2.45, 2.75) is 31.6 Å². The van der Waals surface area contributed by atoms with Crippen molar-refractivity contribution in [3.8, 4) is 5.75 Å². The van der Waals surface area contributed by atoms with Crippen LogP contribution in [-0.4, -0.2) is 28.1 Å². The van der Waals surface area contributed by atoms with Gasteiger partial charge in [0, 0.05) is 5.69 Å². The fourth-order valence-corrected chi connectivity index (χ4v) is 3.78. The van der Waals surface area contributed by atoms with Gasteiger partial charge in [-0.2, -0.15) is 0 Å². The average molecular weight is 412 g/mol. The summed E-state index contributed by atoms with van der Waals surface area (Å²) in [7, 11) is -2.32. The maximum absolute atomic E-state index is 12.8. The Morgan fingerprint density at radius 2 is 1.89 bits per heavy atom. The summed E-state index contributed by atoms with van der Waals surface area (Å²) in [6.07, 6.45) is 0. The highest BCUT2D eigenvalue weighted by Gasteiger charge is 2.19. The van der Waals surface area contributed by atoms with Gasteiger partial charge in [0.25, 0.3) is 10.0 Å². The fraction of sp³-hybridized carbons (Fsp3) is 0.316. The van der Waals surface area contributed by atoms with E-state index < -0.39 is 16.0 Å². The SMILES string of the molecule is CCOC(=O)c1cc(NS(=O)(=O)c2ccc(OC)c(C(C)C)c2)ccc1Cl. The van der Waals surface area contributed by atoms with Gasteiger partial charge in [0.15, 0.2) is 0 Å². The summed E-state index contributed by atoms with van der Waals surface area (Å²) < 4.78 is 38.2. The first-order valence-electron chi connectivity index (χ1n) is 8.37. The molecule has 0 unspecified atom stereocenters. The Balaban J connectivity index is 2.38. The van der Waals surface area contributed by atoms with Crippen molar-refractivity contribution < 1.29 is 22.7 Å². The number of carbonyl (C=O) groups excluding carboxylic acids is 1. The van der Waals surface area contributed by atoms with Crippen LogP contribution in [0, 0.1) is 0 Å². The normalized spacial score (nSPS) is 11.3. The molecule has 2 rings (SSSR count). The van der Waals surface area contributed by atoms with Gasteiger partial charge >= 0.3 is 5.97 Å². The lowest BCUT2D eigenvalue weighted by molar-refractivity contribution is 0.0526. The summed E-state index contributed by atoms with van der Waals surface area (Å²) in [5.74, 6) is 0.0937. The maximum atomic E-state index is 12.8. The van der Waals surface area contributed by atoms with E-state index in [9.17, 15) is 13.2 Å². The molecular formula is C19H22ClNO5S. The molecule has 0 radical (unpaired) electrons. The smallest absolute Gasteiger partial charge is 0.339 e. The highest BCUT2D eigenvalue weighted by atomic mass is 35.5. The molecule has 1 N–H and O–H groups in total. The minimum atomic E-state index is -3.86. The van der Waals surface area contributed by atoms with Crippen molar-refractivity contribution >= 4 is 33.3 Å². The van der Waals surface area contributed by atoms with Gasteiger partial charge in [-0.05, 0) is 54.8 Å². The standard InChI is InChI=1S/C19H22ClNO5S/c1-5-26-19(22)16-10-13(6-8-17(16)20)21-27(23,24)14-7-9-18(25-4)15(11-14)12(2)3/h6-12,21H,5H2,1-4H3. The monoisotopic (exact) mass is 411 g/mol. The molecule has 0 bridgehead atoms. The van der Waals surface area contributed by atoms with Gasteiger partial charge in [-0.15, -0.1) is 0 Å². The van der Waals surface area contributed by atoms with E-state index in [1.165, 1.54) is 31.4 Å². The van der Waals surface area contributed by atoms with Crippen molar-refractivity contribution in [3.05, 3.63) is 52.5 Å². The van der Waals surface area contributed by atoms with Crippen LogP contribution in [0.4, 0.5) is 5.69 Å². The number of hydrogen-bond acceptors (Lipinski definition) is 5. The molecule has 146 valence electrons. The first kappa shape index (κ1) is 21.1. The van der Waals surface area contributed by atoms with Crippen LogP contribution in [0.15, 0.2) is 41.3 Å². The second kappa shape index (κ2) is 8.63. The van der Waals surface area contributed by atoms with Crippen LogP contribution in [0.2, 0.25) is 5.02 Å². The summed E-state index contributed by atoms with van der Waals surface area (Å²) in [5.41, 5.74) is 1.09. The van der Waals surface area contributed by atoms with Gasteiger partial charge in [0.1, 0.15) is 5.75 Å². The van der Waals surface area contributed by atoms with Gasteiger partial charge in [-0.25, -0.2) is 13.2 Å². The minimum absolute atomic E-state index is 0.0843. The lowest BCUT2D eigenvalue weighted by Crippen LogP contribution is -2.14. The molecule has 0 saturated heterocycles. The molecule has 6 nitrogen and oxygen atoms in total. The van der Waals surface area contributed by atoms with Gasteiger partial charge in [0.05, 0.1) is 29.2 Å². The van der Waals surface area contributed by atoms with Crippen molar-refractivity contribution in [1.82, 2.24) is 0 Å². The predicted molar refractivity (Wildman–Crippen MR) is 105 cm³/mol. The second-order valence-electron chi connectivity index (χ2n) is 6.08. The largest absolute Gasteiger partial charge is 0.496 e. The van der Waals surface area contributed by atoms with E-state index in [2.05, 4.69) is 4.72 Å². The molecule has 0 saturated carbocycles.